The first kappa shape index (κ1) is 44.0. The number of halogens is 6. The van der Waals surface area contributed by atoms with E-state index in [4.69, 9.17) is 9.47 Å². The molecule has 5 fully saturated rings. The number of alkyl carbamates (subject to hydrolysis) is 1. The van der Waals surface area contributed by atoms with E-state index in [0.29, 0.717) is 25.2 Å². The normalized spacial score (nSPS) is 32.3. The highest BCUT2D eigenvalue weighted by molar-refractivity contribution is 7.91. The molecule has 2 aromatic rings. The number of aromatic nitrogens is 2. The second-order valence-corrected chi connectivity index (χ2v) is 20.5. The minimum atomic E-state index is -4.25. The zero-order chi connectivity index (χ0) is 44.7. The molecule has 6 aliphatic rings. The Hall–Kier alpha value is -4.63. The summed E-state index contributed by atoms with van der Waals surface area (Å²) < 4.78 is 131. The first-order chi connectivity index (χ1) is 29.1. The molecule has 4 amide bonds. The van der Waals surface area contributed by atoms with Crippen LogP contribution in [0.5, 0.6) is 11.6 Å². The van der Waals surface area contributed by atoms with Crippen molar-refractivity contribution in [1.29, 1.82) is 0 Å². The molecule has 4 saturated carbocycles. The molecular weight excluding hydrogens is 855 g/mol. The van der Waals surface area contributed by atoms with Crippen LogP contribution in [0.25, 0.3) is 11.0 Å². The molecule has 1 aromatic carbocycles. The topological polar surface area (TPSA) is 195 Å². The van der Waals surface area contributed by atoms with Crippen LogP contribution in [0, 0.1) is 29.1 Å². The Morgan fingerprint density at radius 2 is 1.73 bits per heavy atom. The number of nitrogens with zero attached hydrogens (tertiary/aromatic N) is 3. The Morgan fingerprint density at radius 1 is 0.984 bits per heavy atom. The van der Waals surface area contributed by atoms with Crippen molar-refractivity contribution < 1.29 is 68.1 Å². The Labute approximate surface area is 352 Å². The fraction of sp³-hybridized carbons (Fsp3) is 0.700. The average Bonchev–Trinajstić information content (AvgIpc) is 4.11. The van der Waals surface area contributed by atoms with Gasteiger partial charge in [-0.15, -0.1) is 0 Å². The van der Waals surface area contributed by atoms with E-state index < -0.39 is 137 Å². The number of sulfonamides is 1. The SMILES string of the molecule is CC(C)(C)[C@@H]1NC(=O)O[C@@H]2C[C@@H]3C[C@@H]3[C@H]2CCCCC(F)(F)c2nc3ccc(OC(F)F)cc3nc2OC2C[C@@H](C(=O)N[C@]3(C(=O)NS(=O)(=O)C4CC4)C[C@H]3C(F)F)N(C2)C1=O. The van der Waals surface area contributed by atoms with Crippen LogP contribution in [0.2, 0.25) is 0 Å². The summed E-state index contributed by atoms with van der Waals surface area (Å²) in [6, 6.07) is 0.296. The van der Waals surface area contributed by atoms with Gasteiger partial charge in [-0.1, -0.05) is 27.2 Å². The summed E-state index contributed by atoms with van der Waals surface area (Å²) in [4.78, 5) is 65.5. The number of benzene rings is 1. The van der Waals surface area contributed by atoms with E-state index in [1.54, 1.807) is 20.8 Å². The number of nitrogens with one attached hydrogen (secondary N) is 3. The molecule has 0 radical (unpaired) electrons. The molecule has 3 N–H and O–H groups in total. The average molecular weight is 903 g/mol. The van der Waals surface area contributed by atoms with E-state index in [9.17, 15) is 45.2 Å². The number of hydrogen-bond donors (Lipinski definition) is 3. The van der Waals surface area contributed by atoms with Crippen LogP contribution >= 0.6 is 0 Å². The maximum atomic E-state index is 16.4. The van der Waals surface area contributed by atoms with Crippen LogP contribution < -0.4 is 24.8 Å². The van der Waals surface area contributed by atoms with Gasteiger partial charge < -0.3 is 29.7 Å². The summed E-state index contributed by atoms with van der Waals surface area (Å²) >= 11 is 0. The van der Waals surface area contributed by atoms with Crippen molar-refractivity contribution in [3.63, 3.8) is 0 Å². The Kier molecular flexibility index (Phi) is 11.3. The third-order valence-corrected chi connectivity index (χ3v) is 14.8. The smallest absolute Gasteiger partial charge is 0.408 e. The molecular formula is C40H48F6N6O9S. The lowest BCUT2D eigenvalue weighted by Crippen LogP contribution is -2.60. The number of fused-ring (bicyclic) bond motifs is 7. The molecule has 22 heteroatoms. The van der Waals surface area contributed by atoms with Gasteiger partial charge in [0.15, 0.2) is 5.69 Å². The van der Waals surface area contributed by atoms with Crippen LogP contribution in [0.15, 0.2) is 18.2 Å². The summed E-state index contributed by atoms with van der Waals surface area (Å²) in [7, 11) is -4.25. The number of amides is 4. The maximum Gasteiger partial charge on any atom is 0.408 e. The number of carbonyl (C=O) groups is 4. The molecule has 62 heavy (non-hydrogen) atoms. The lowest BCUT2D eigenvalue weighted by atomic mass is 9.85. The van der Waals surface area contributed by atoms with Gasteiger partial charge in [-0.2, -0.15) is 17.6 Å². The van der Waals surface area contributed by atoms with Crippen molar-refractivity contribution >= 4 is 44.9 Å². The van der Waals surface area contributed by atoms with Gasteiger partial charge >= 0.3 is 12.7 Å². The third-order valence-electron chi connectivity index (χ3n) is 13.0. The zero-order valence-corrected chi connectivity index (χ0v) is 34.9. The van der Waals surface area contributed by atoms with E-state index >= 15 is 8.78 Å². The molecule has 0 spiro atoms. The quantitative estimate of drug-likeness (QED) is 0.296. The lowest BCUT2D eigenvalue weighted by molar-refractivity contribution is -0.143. The molecule has 15 nitrogen and oxygen atoms in total. The monoisotopic (exact) mass is 902 g/mol. The highest BCUT2D eigenvalue weighted by Gasteiger charge is 2.67. The molecule has 4 aliphatic carbocycles. The van der Waals surface area contributed by atoms with Gasteiger partial charge in [0.25, 0.3) is 11.8 Å². The van der Waals surface area contributed by atoms with Crippen molar-refractivity contribution in [3.8, 4) is 11.6 Å². The zero-order valence-electron chi connectivity index (χ0n) is 34.1. The highest BCUT2D eigenvalue weighted by Crippen LogP contribution is 2.58. The highest BCUT2D eigenvalue weighted by atomic mass is 32.2. The second kappa shape index (κ2) is 15.9. The summed E-state index contributed by atoms with van der Waals surface area (Å²) in [5.74, 6) is -9.51. The van der Waals surface area contributed by atoms with Gasteiger partial charge in [0.05, 0.1) is 28.7 Å². The summed E-state index contributed by atoms with van der Waals surface area (Å²) in [6.45, 7) is 1.16. The summed E-state index contributed by atoms with van der Waals surface area (Å²) in [5, 5.41) is 4.06. The summed E-state index contributed by atoms with van der Waals surface area (Å²) in [5.41, 5.74) is -4.60. The first-order valence-corrected chi connectivity index (χ1v) is 22.4. The van der Waals surface area contributed by atoms with Crippen LogP contribution in [0.1, 0.15) is 90.7 Å². The van der Waals surface area contributed by atoms with Crippen LogP contribution in [-0.2, 0) is 35.1 Å². The molecule has 340 valence electrons. The minimum absolute atomic E-state index is 0.0249. The number of carbonyl (C=O) groups excluding carboxylic acids is 4. The molecule has 3 heterocycles. The predicted molar refractivity (Wildman–Crippen MR) is 204 cm³/mol. The van der Waals surface area contributed by atoms with Crippen molar-refractivity contribution in [2.45, 2.75) is 139 Å². The van der Waals surface area contributed by atoms with Gasteiger partial charge in [-0.3, -0.25) is 19.1 Å². The molecule has 2 bridgehead atoms. The van der Waals surface area contributed by atoms with Gasteiger partial charge in [0.1, 0.15) is 35.6 Å². The predicted octanol–water partition coefficient (Wildman–Crippen LogP) is 5.16. The van der Waals surface area contributed by atoms with Gasteiger partial charge in [-0.05, 0) is 80.2 Å². The molecule has 9 atom stereocenters. The maximum absolute atomic E-state index is 16.4. The minimum Gasteiger partial charge on any atom is -0.471 e. The summed E-state index contributed by atoms with van der Waals surface area (Å²) in [6.07, 6.45) is -4.95. The van der Waals surface area contributed by atoms with E-state index in [0.717, 1.165) is 23.5 Å². The molecule has 1 saturated heterocycles. The van der Waals surface area contributed by atoms with Gasteiger partial charge in [0.2, 0.25) is 34.1 Å². The Balaban J connectivity index is 1.16. The van der Waals surface area contributed by atoms with E-state index in [1.807, 2.05) is 4.72 Å². The molecule has 1 aromatic heterocycles. The standard InChI is InChI=1S/C40H48F6N6O9S/c1-38(2,3)30-34(54)52-17-20(15-27(52)32(53)50-39(16-24(39)31(41)42)35(55)51-62(57,58)21-8-9-21)59-33-29(47-25-10-7-19(60-36(43)44)14-26(25)48-33)40(45,46)11-5-4-6-22-23-12-18(23)13-28(22)61-37(56)49-30/h7,10,14,18,20-24,27-28,30-31,36H,4-6,8-9,11-13,15-17H2,1-3H3,(H,49,56)(H,50,53)(H,51,55)/t18-,20?,22+,23-,24-,27-,28+,30+,39+/m0/s1. The van der Waals surface area contributed by atoms with Crippen molar-refractivity contribution in [2.75, 3.05) is 6.54 Å². The first-order valence-electron chi connectivity index (χ1n) is 20.8. The van der Waals surface area contributed by atoms with Crippen molar-refractivity contribution in [2.24, 2.45) is 29.1 Å². The fourth-order valence-corrected chi connectivity index (χ4v) is 10.8. The van der Waals surface area contributed by atoms with Crippen molar-refractivity contribution in [3.05, 3.63) is 23.9 Å². The molecule has 1 unspecified atom stereocenters. The number of rotatable bonds is 8. The molecule has 2 aliphatic heterocycles. The number of hydrogen-bond acceptors (Lipinski definition) is 11. The van der Waals surface area contributed by atoms with Crippen LogP contribution in [0.4, 0.5) is 31.1 Å². The van der Waals surface area contributed by atoms with Crippen molar-refractivity contribution in [1.82, 2.24) is 30.2 Å². The third kappa shape index (κ3) is 8.80. The van der Waals surface area contributed by atoms with E-state index in [2.05, 4.69) is 25.3 Å². The van der Waals surface area contributed by atoms with Gasteiger partial charge in [-0.25, -0.2) is 32.0 Å². The Morgan fingerprint density at radius 3 is 2.39 bits per heavy atom. The molecule has 8 rings (SSSR count). The lowest BCUT2D eigenvalue weighted by Gasteiger charge is -2.36. The van der Waals surface area contributed by atoms with E-state index in [1.165, 1.54) is 6.07 Å². The van der Waals surface area contributed by atoms with Crippen LogP contribution in [-0.4, -0.2) is 102 Å². The fourth-order valence-electron chi connectivity index (χ4n) is 9.39. The van der Waals surface area contributed by atoms with E-state index in [-0.39, 0.29) is 47.9 Å². The Bertz CT molecular complexity index is 2250. The number of ether oxygens (including phenoxy) is 3. The number of alkyl halides is 6. The van der Waals surface area contributed by atoms with Gasteiger partial charge in [0, 0.05) is 18.9 Å². The second-order valence-electron chi connectivity index (χ2n) is 18.6. The van der Waals surface area contributed by atoms with Crippen LogP contribution in [0.3, 0.4) is 0 Å². The largest absolute Gasteiger partial charge is 0.471 e.